The van der Waals surface area contributed by atoms with Crippen LogP contribution in [0.5, 0.6) is 5.75 Å². The molecular formula is C22H25N3O2. The number of hydrogen-bond donors (Lipinski definition) is 3. The number of aliphatic hydroxyl groups is 1. The Bertz CT molecular complexity index is 1180. The first-order valence-electron chi connectivity index (χ1n) is 9.16. The Morgan fingerprint density at radius 3 is 2.59 bits per heavy atom. The van der Waals surface area contributed by atoms with Gasteiger partial charge in [-0.15, -0.1) is 0 Å². The van der Waals surface area contributed by atoms with Crippen molar-refractivity contribution < 1.29 is 10.2 Å². The van der Waals surface area contributed by atoms with Gasteiger partial charge in [0.2, 0.25) is 0 Å². The number of aromatic hydroxyl groups is 1. The number of aromatic nitrogens is 2. The summed E-state index contributed by atoms with van der Waals surface area (Å²) >= 11 is 0. The number of benzene rings is 2. The molecule has 4 aromatic rings. The zero-order chi connectivity index (χ0) is 19.3. The Hall–Kier alpha value is -2.63. The van der Waals surface area contributed by atoms with Gasteiger partial charge >= 0.3 is 0 Å². The van der Waals surface area contributed by atoms with Crippen LogP contribution in [0.4, 0.5) is 0 Å². The minimum atomic E-state index is -0.367. The fourth-order valence-electron chi connectivity index (χ4n) is 3.86. The van der Waals surface area contributed by atoms with E-state index in [4.69, 9.17) is 0 Å². The number of aliphatic hydroxyl groups excluding tert-OH is 1. The summed E-state index contributed by atoms with van der Waals surface area (Å²) in [6, 6.07) is 9.74. The van der Waals surface area contributed by atoms with Gasteiger partial charge in [0.25, 0.3) is 0 Å². The van der Waals surface area contributed by atoms with Crippen LogP contribution in [0.25, 0.3) is 32.6 Å². The van der Waals surface area contributed by atoms with E-state index in [1.165, 1.54) is 16.5 Å². The van der Waals surface area contributed by atoms with Gasteiger partial charge in [-0.05, 0) is 62.1 Å². The lowest BCUT2D eigenvalue weighted by Gasteiger charge is -2.23. The number of aryl methyl sites for hydroxylation is 2. The lowest BCUT2D eigenvalue weighted by Crippen LogP contribution is -2.42. The van der Waals surface area contributed by atoms with E-state index in [1.807, 2.05) is 32.2 Å². The van der Waals surface area contributed by atoms with Crippen LogP contribution in [0.3, 0.4) is 0 Å². The molecule has 4 rings (SSSR count). The summed E-state index contributed by atoms with van der Waals surface area (Å²) in [5, 5.41) is 27.3. The molecule has 2 aromatic carbocycles. The van der Waals surface area contributed by atoms with Gasteiger partial charge < -0.3 is 20.1 Å². The van der Waals surface area contributed by atoms with E-state index in [9.17, 15) is 10.2 Å². The Morgan fingerprint density at radius 2 is 1.85 bits per heavy atom. The summed E-state index contributed by atoms with van der Waals surface area (Å²) in [6.45, 7) is 6.71. The molecule has 5 heteroatoms. The van der Waals surface area contributed by atoms with Crippen molar-refractivity contribution in [3.63, 3.8) is 0 Å². The van der Waals surface area contributed by atoms with Crippen LogP contribution >= 0.6 is 0 Å². The van der Waals surface area contributed by atoms with Gasteiger partial charge in [-0.2, -0.15) is 0 Å². The van der Waals surface area contributed by atoms with E-state index >= 15 is 0 Å². The smallest absolute Gasteiger partial charge is 0.116 e. The van der Waals surface area contributed by atoms with Gasteiger partial charge in [-0.25, -0.2) is 0 Å². The van der Waals surface area contributed by atoms with Gasteiger partial charge in [-0.1, -0.05) is 0 Å². The Morgan fingerprint density at radius 1 is 1.07 bits per heavy atom. The second-order valence-corrected chi connectivity index (χ2v) is 7.91. The maximum Gasteiger partial charge on any atom is 0.116 e. The maximum atomic E-state index is 9.98. The van der Waals surface area contributed by atoms with Crippen molar-refractivity contribution in [3.05, 3.63) is 47.8 Å². The molecule has 0 bridgehead atoms. The van der Waals surface area contributed by atoms with Crippen LogP contribution in [-0.4, -0.2) is 31.9 Å². The fraction of sp³-hybridized carbons (Fsp3) is 0.318. The number of hydrogen-bond acceptors (Lipinski definition) is 4. The van der Waals surface area contributed by atoms with Crippen LogP contribution in [-0.2, 0) is 13.6 Å². The third kappa shape index (κ3) is 2.83. The Kier molecular flexibility index (Phi) is 4.09. The third-order valence-electron chi connectivity index (χ3n) is 5.47. The lowest BCUT2D eigenvalue weighted by molar-refractivity contribution is 0.187. The largest absolute Gasteiger partial charge is 0.508 e. The molecule has 0 aliphatic carbocycles. The predicted octanol–water partition coefficient (Wildman–Crippen LogP) is 3.75. The van der Waals surface area contributed by atoms with Gasteiger partial charge in [0.15, 0.2) is 0 Å². The zero-order valence-electron chi connectivity index (χ0n) is 16.2. The second kappa shape index (κ2) is 6.22. The highest BCUT2D eigenvalue weighted by Gasteiger charge is 2.18. The van der Waals surface area contributed by atoms with E-state index in [2.05, 4.69) is 41.0 Å². The van der Waals surface area contributed by atoms with Crippen molar-refractivity contribution in [1.82, 2.24) is 14.9 Å². The van der Waals surface area contributed by atoms with Crippen molar-refractivity contribution in [3.8, 4) is 5.75 Å². The van der Waals surface area contributed by atoms with Crippen LogP contribution in [0, 0.1) is 6.92 Å². The highest BCUT2D eigenvalue weighted by atomic mass is 16.3. The number of pyridine rings is 1. The van der Waals surface area contributed by atoms with Crippen molar-refractivity contribution in [1.29, 1.82) is 0 Å². The van der Waals surface area contributed by atoms with Gasteiger partial charge in [0.05, 0.1) is 17.8 Å². The highest BCUT2D eigenvalue weighted by Crippen LogP contribution is 2.36. The van der Waals surface area contributed by atoms with Crippen molar-refractivity contribution in [2.75, 3.05) is 6.61 Å². The third-order valence-corrected chi connectivity index (χ3v) is 5.47. The number of nitrogens with zero attached hydrogens (tertiary/aromatic N) is 2. The van der Waals surface area contributed by atoms with E-state index in [-0.39, 0.29) is 17.9 Å². The Balaban J connectivity index is 1.99. The molecule has 0 saturated carbocycles. The van der Waals surface area contributed by atoms with Crippen LogP contribution < -0.4 is 5.32 Å². The predicted molar refractivity (Wildman–Crippen MR) is 110 cm³/mol. The molecule has 2 aromatic heterocycles. The van der Waals surface area contributed by atoms with Crippen LogP contribution in [0.1, 0.15) is 25.1 Å². The first-order chi connectivity index (χ1) is 12.8. The van der Waals surface area contributed by atoms with E-state index in [0.29, 0.717) is 6.54 Å². The summed E-state index contributed by atoms with van der Waals surface area (Å²) in [5.74, 6) is 0.269. The summed E-state index contributed by atoms with van der Waals surface area (Å²) in [6.07, 6.45) is 1.85. The standard InChI is InChI=1S/C22H25N3O2/c1-13-15-7-8-23-19(11-24-22(2,3)12-26)16(15)10-18-17-9-14(27)5-6-20(17)25(4)21(13)18/h5-10,24,26-27H,11-12H2,1-4H3. The summed E-state index contributed by atoms with van der Waals surface area (Å²) in [5.41, 5.74) is 4.05. The molecule has 0 aliphatic rings. The molecule has 2 heterocycles. The number of nitrogens with one attached hydrogen (secondary N) is 1. The molecule has 0 atom stereocenters. The van der Waals surface area contributed by atoms with E-state index in [0.717, 1.165) is 27.4 Å². The summed E-state index contributed by atoms with van der Waals surface area (Å²) < 4.78 is 2.19. The molecule has 0 aliphatic heterocycles. The van der Waals surface area contributed by atoms with Crippen LogP contribution in [0.2, 0.25) is 0 Å². The SMILES string of the molecule is Cc1c2ccnc(CNC(C)(C)CO)c2cc2c3cc(O)ccc3n(C)c12. The van der Waals surface area contributed by atoms with Gasteiger partial charge in [0.1, 0.15) is 5.75 Å². The maximum absolute atomic E-state index is 9.98. The van der Waals surface area contributed by atoms with E-state index in [1.54, 1.807) is 6.07 Å². The molecule has 0 radical (unpaired) electrons. The first-order valence-corrected chi connectivity index (χ1v) is 9.16. The number of rotatable bonds is 4. The topological polar surface area (TPSA) is 70.3 Å². The molecule has 27 heavy (non-hydrogen) atoms. The van der Waals surface area contributed by atoms with Crippen LogP contribution in [0.15, 0.2) is 36.5 Å². The number of phenols is 1. The molecule has 0 saturated heterocycles. The lowest BCUT2D eigenvalue weighted by atomic mass is 9.99. The zero-order valence-corrected chi connectivity index (χ0v) is 16.2. The number of fused-ring (bicyclic) bond motifs is 4. The minimum Gasteiger partial charge on any atom is -0.508 e. The van der Waals surface area contributed by atoms with Gasteiger partial charge in [-0.3, -0.25) is 4.98 Å². The van der Waals surface area contributed by atoms with E-state index < -0.39 is 0 Å². The minimum absolute atomic E-state index is 0.0592. The Labute approximate surface area is 158 Å². The monoisotopic (exact) mass is 363 g/mol. The second-order valence-electron chi connectivity index (χ2n) is 7.91. The fourth-order valence-corrected chi connectivity index (χ4v) is 3.86. The summed E-state index contributed by atoms with van der Waals surface area (Å²) in [7, 11) is 2.06. The van der Waals surface area contributed by atoms with Gasteiger partial charge in [0, 0.05) is 47.0 Å². The molecule has 0 amide bonds. The first kappa shape index (κ1) is 17.8. The molecule has 3 N–H and O–H groups in total. The highest BCUT2D eigenvalue weighted by molar-refractivity contribution is 6.15. The average Bonchev–Trinajstić information content (AvgIpc) is 2.92. The van der Waals surface area contributed by atoms with Crippen molar-refractivity contribution >= 4 is 32.6 Å². The van der Waals surface area contributed by atoms with Crippen molar-refractivity contribution in [2.45, 2.75) is 32.9 Å². The quantitative estimate of drug-likeness (QED) is 0.516. The molecule has 5 nitrogen and oxygen atoms in total. The normalized spacial score (nSPS) is 12.5. The molecule has 0 fully saturated rings. The molecule has 140 valence electrons. The molecule has 0 spiro atoms. The average molecular weight is 363 g/mol. The van der Waals surface area contributed by atoms with Crippen molar-refractivity contribution in [2.24, 2.45) is 7.05 Å². The summed E-state index contributed by atoms with van der Waals surface area (Å²) in [4.78, 5) is 4.60. The number of phenolic OH excluding ortho intramolecular Hbond substituents is 1. The molecule has 0 unspecified atom stereocenters. The molecular weight excluding hydrogens is 338 g/mol.